The summed E-state index contributed by atoms with van der Waals surface area (Å²) in [7, 11) is -3.53. The molecular formula is C20H42O4S. The van der Waals surface area contributed by atoms with Crippen molar-refractivity contribution in [1.82, 2.24) is 0 Å². The monoisotopic (exact) mass is 378 g/mol. The van der Waals surface area contributed by atoms with Gasteiger partial charge in [0.15, 0.2) is 0 Å². The van der Waals surface area contributed by atoms with Crippen LogP contribution in [0, 0.1) is 5.92 Å². The third kappa shape index (κ3) is 17.1. The second-order valence-electron chi connectivity index (χ2n) is 7.85. The summed E-state index contributed by atoms with van der Waals surface area (Å²) < 4.78 is 28.1. The molecule has 0 bridgehead atoms. The van der Waals surface area contributed by atoms with E-state index in [-0.39, 0.29) is 0 Å². The van der Waals surface area contributed by atoms with Gasteiger partial charge in [0.25, 0.3) is 10.1 Å². The lowest BCUT2D eigenvalue weighted by molar-refractivity contribution is 0.0273. The minimum absolute atomic E-state index is 0.591. The fourth-order valence-corrected chi connectivity index (χ4v) is 3.77. The van der Waals surface area contributed by atoms with Gasteiger partial charge >= 0.3 is 0 Å². The minimum atomic E-state index is -3.53. The van der Waals surface area contributed by atoms with Crippen molar-refractivity contribution in [1.29, 1.82) is 0 Å². The molecule has 0 aliphatic carbocycles. The van der Waals surface area contributed by atoms with E-state index in [4.69, 9.17) is 4.18 Å². The highest BCUT2D eigenvalue weighted by molar-refractivity contribution is 7.86. The van der Waals surface area contributed by atoms with Gasteiger partial charge in [0.1, 0.15) is 6.10 Å². The average molecular weight is 379 g/mol. The molecule has 5 heteroatoms. The van der Waals surface area contributed by atoms with E-state index in [0.29, 0.717) is 18.8 Å². The lowest BCUT2D eigenvalue weighted by Crippen LogP contribution is -2.31. The molecule has 0 aromatic carbocycles. The van der Waals surface area contributed by atoms with Crippen LogP contribution in [0.25, 0.3) is 0 Å². The van der Waals surface area contributed by atoms with Gasteiger partial charge in [0.05, 0.1) is 12.4 Å². The van der Waals surface area contributed by atoms with Crippen molar-refractivity contribution in [2.75, 3.05) is 6.26 Å². The van der Waals surface area contributed by atoms with E-state index in [2.05, 4.69) is 20.8 Å². The molecule has 0 unspecified atom stereocenters. The molecule has 152 valence electrons. The smallest absolute Gasteiger partial charge is 0.264 e. The Kier molecular flexibility index (Phi) is 14.9. The van der Waals surface area contributed by atoms with E-state index in [1.54, 1.807) is 0 Å². The Labute approximate surface area is 156 Å². The SMILES string of the molecule is CCCCCCCCCC[C@H](O)[C@H](CCCCC(C)C)OS(C)(=O)=O. The molecule has 0 saturated carbocycles. The van der Waals surface area contributed by atoms with E-state index in [1.807, 2.05) is 0 Å². The van der Waals surface area contributed by atoms with Gasteiger partial charge in [0.2, 0.25) is 0 Å². The fraction of sp³-hybridized carbons (Fsp3) is 1.00. The molecule has 0 rings (SSSR count). The van der Waals surface area contributed by atoms with Gasteiger partial charge in [0, 0.05) is 0 Å². The van der Waals surface area contributed by atoms with E-state index >= 15 is 0 Å². The number of rotatable bonds is 17. The molecule has 2 atom stereocenters. The van der Waals surface area contributed by atoms with Crippen molar-refractivity contribution in [2.24, 2.45) is 5.92 Å². The maximum absolute atomic E-state index is 11.5. The Hall–Kier alpha value is -0.130. The molecule has 4 nitrogen and oxygen atoms in total. The molecule has 0 fully saturated rings. The average Bonchev–Trinajstić information content (AvgIpc) is 2.51. The lowest BCUT2D eigenvalue weighted by atomic mass is 9.98. The molecule has 0 aromatic heterocycles. The first-order valence-corrected chi connectivity index (χ1v) is 12.1. The second-order valence-corrected chi connectivity index (χ2v) is 9.45. The van der Waals surface area contributed by atoms with Gasteiger partial charge in [-0.2, -0.15) is 8.42 Å². The number of unbranched alkanes of at least 4 members (excludes halogenated alkanes) is 8. The van der Waals surface area contributed by atoms with Crippen molar-refractivity contribution in [3.05, 3.63) is 0 Å². The highest BCUT2D eigenvalue weighted by atomic mass is 32.2. The van der Waals surface area contributed by atoms with Gasteiger partial charge in [-0.1, -0.05) is 91.4 Å². The molecule has 0 aliphatic heterocycles. The standard InChI is InChI=1S/C20H42O4S/c1-5-6-7-8-9-10-11-12-16-19(21)20(24-25(4,22)23)17-14-13-15-18(2)3/h18-21H,5-17H2,1-4H3/t19-,20-/m0/s1. The first-order valence-electron chi connectivity index (χ1n) is 10.3. The van der Waals surface area contributed by atoms with E-state index in [9.17, 15) is 13.5 Å². The van der Waals surface area contributed by atoms with Crippen molar-refractivity contribution in [3.63, 3.8) is 0 Å². The van der Waals surface area contributed by atoms with Crippen molar-refractivity contribution in [2.45, 2.75) is 116 Å². The predicted octanol–water partition coefficient (Wildman–Crippen LogP) is 5.44. The second kappa shape index (κ2) is 15.0. The third-order valence-corrected chi connectivity index (χ3v) is 5.20. The normalized spacial score (nSPS) is 14.8. The Morgan fingerprint density at radius 3 is 1.80 bits per heavy atom. The summed E-state index contributed by atoms with van der Waals surface area (Å²) in [6.07, 6.45) is 13.8. The summed E-state index contributed by atoms with van der Waals surface area (Å²) >= 11 is 0. The van der Waals surface area contributed by atoms with Crippen LogP contribution in [-0.2, 0) is 14.3 Å². The summed E-state index contributed by atoms with van der Waals surface area (Å²) in [5.41, 5.74) is 0. The van der Waals surface area contributed by atoms with Crippen molar-refractivity contribution < 1.29 is 17.7 Å². The van der Waals surface area contributed by atoms with Crippen LogP contribution in [0.2, 0.25) is 0 Å². The highest BCUT2D eigenvalue weighted by Crippen LogP contribution is 2.19. The lowest BCUT2D eigenvalue weighted by Gasteiger charge is -2.22. The first-order chi connectivity index (χ1) is 11.8. The number of hydrogen-bond donors (Lipinski definition) is 1. The van der Waals surface area contributed by atoms with Gasteiger partial charge in [-0.05, 0) is 18.8 Å². The summed E-state index contributed by atoms with van der Waals surface area (Å²) in [5.74, 6) is 0.650. The molecule has 1 N–H and O–H groups in total. The van der Waals surface area contributed by atoms with Crippen LogP contribution in [0.1, 0.15) is 104 Å². The Bertz CT molecular complexity index is 393. The Morgan fingerprint density at radius 2 is 1.28 bits per heavy atom. The zero-order valence-electron chi connectivity index (χ0n) is 17.0. The van der Waals surface area contributed by atoms with Crippen LogP contribution in [-0.4, -0.2) is 32.0 Å². The molecular weight excluding hydrogens is 336 g/mol. The molecule has 0 aromatic rings. The summed E-state index contributed by atoms with van der Waals surface area (Å²) in [4.78, 5) is 0. The molecule has 0 saturated heterocycles. The summed E-state index contributed by atoms with van der Waals surface area (Å²) in [6, 6.07) is 0. The third-order valence-electron chi connectivity index (χ3n) is 4.60. The largest absolute Gasteiger partial charge is 0.390 e. The topological polar surface area (TPSA) is 63.6 Å². The first kappa shape index (κ1) is 24.9. The Balaban J connectivity index is 4.05. The van der Waals surface area contributed by atoms with Crippen LogP contribution >= 0.6 is 0 Å². The summed E-state index contributed by atoms with van der Waals surface area (Å²) in [6.45, 7) is 6.59. The molecule has 0 radical (unpaired) electrons. The maximum atomic E-state index is 11.5. The molecule has 0 spiro atoms. The van der Waals surface area contributed by atoms with Crippen LogP contribution in [0.4, 0.5) is 0 Å². The molecule has 0 aliphatic rings. The number of aliphatic hydroxyl groups excluding tert-OH is 1. The molecule has 25 heavy (non-hydrogen) atoms. The van der Waals surface area contributed by atoms with Gasteiger partial charge in [-0.25, -0.2) is 0 Å². The van der Waals surface area contributed by atoms with Crippen molar-refractivity contribution >= 4 is 10.1 Å². The van der Waals surface area contributed by atoms with Gasteiger partial charge in [-0.15, -0.1) is 0 Å². The quantitative estimate of drug-likeness (QED) is 0.270. The molecule has 0 amide bonds. The fourth-order valence-electron chi connectivity index (χ4n) is 3.10. The van der Waals surface area contributed by atoms with Crippen molar-refractivity contribution in [3.8, 4) is 0 Å². The number of hydrogen-bond acceptors (Lipinski definition) is 4. The van der Waals surface area contributed by atoms with E-state index < -0.39 is 22.3 Å². The van der Waals surface area contributed by atoms with Gasteiger partial charge < -0.3 is 5.11 Å². The van der Waals surface area contributed by atoms with Crippen LogP contribution < -0.4 is 0 Å². The molecule has 0 heterocycles. The van der Waals surface area contributed by atoms with E-state index in [1.165, 1.54) is 38.5 Å². The zero-order valence-corrected chi connectivity index (χ0v) is 17.8. The summed E-state index contributed by atoms with van der Waals surface area (Å²) in [5, 5.41) is 10.4. The van der Waals surface area contributed by atoms with Crippen LogP contribution in [0.3, 0.4) is 0 Å². The predicted molar refractivity (Wildman–Crippen MR) is 106 cm³/mol. The Morgan fingerprint density at radius 1 is 0.800 bits per heavy atom. The van der Waals surface area contributed by atoms with Crippen LogP contribution in [0.15, 0.2) is 0 Å². The number of aliphatic hydroxyl groups is 1. The minimum Gasteiger partial charge on any atom is -0.390 e. The van der Waals surface area contributed by atoms with E-state index in [0.717, 1.165) is 38.4 Å². The highest BCUT2D eigenvalue weighted by Gasteiger charge is 2.23. The van der Waals surface area contributed by atoms with Crippen LogP contribution in [0.5, 0.6) is 0 Å². The van der Waals surface area contributed by atoms with Gasteiger partial charge in [-0.3, -0.25) is 4.18 Å². The zero-order chi connectivity index (χ0) is 19.1. The maximum Gasteiger partial charge on any atom is 0.264 e.